The predicted octanol–water partition coefficient (Wildman–Crippen LogP) is 2.39. The van der Waals surface area contributed by atoms with Crippen molar-refractivity contribution < 1.29 is 14.7 Å². The molecule has 0 aromatic heterocycles. The van der Waals surface area contributed by atoms with Crippen molar-refractivity contribution in [2.24, 2.45) is 5.92 Å². The summed E-state index contributed by atoms with van der Waals surface area (Å²) in [7, 11) is 0. The molecular formula is C14H17NO3S. The first-order chi connectivity index (χ1) is 9.10. The number of hydrogen-bond donors (Lipinski definition) is 2. The third kappa shape index (κ3) is 3.99. The Labute approximate surface area is 116 Å². The summed E-state index contributed by atoms with van der Waals surface area (Å²) in [5.41, 5.74) is 0.578. The number of hydrogen-bond acceptors (Lipinski definition) is 3. The van der Waals surface area contributed by atoms with Crippen LogP contribution in [0.25, 0.3) is 0 Å². The van der Waals surface area contributed by atoms with Gasteiger partial charge in [-0.1, -0.05) is 0 Å². The average molecular weight is 279 g/mol. The first-order valence-corrected chi connectivity index (χ1v) is 7.49. The van der Waals surface area contributed by atoms with Gasteiger partial charge in [0.2, 0.25) is 0 Å². The lowest BCUT2D eigenvalue weighted by Crippen LogP contribution is -2.38. The van der Waals surface area contributed by atoms with Gasteiger partial charge in [0, 0.05) is 16.5 Å². The Hall–Kier alpha value is -1.49. The fourth-order valence-electron chi connectivity index (χ4n) is 2.02. The number of amides is 1. The second-order valence-corrected chi connectivity index (χ2v) is 5.62. The van der Waals surface area contributed by atoms with Gasteiger partial charge in [-0.2, -0.15) is 0 Å². The van der Waals surface area contributed by atoms with E-state index in [1.165, 1.54) is 0 Å². The molecular weight excluding hydrogens is 262 g/mol. The van der Waals surface area contributed by atoms with Gasteiger partial charge < -0.3 is 10.4 Å². The molecule has 1 amide bonds. The minimum Gasteiger partial charge on any atom is -0.481 e. The smallest absolute Gasteiger partial charge is 0.305 e. The maximum Gasteiger partial charge on any atom is 0.305 e. The molecule has 2 N–H and O–H groups in total. The van der Waals surface area contributed by atoms with Crippen molar-refractivity contribution in [3.63, 3.8) is 0 Å². The summed E-state index contributed by atoms with van der Waals surface area (Å²) in [6.45, 7) is 0. The van der Waals surface area contributed by atoms with E-state index in [-0.39, 0.29) is 18.4 Å². The molecule has 19 heavy (non-hydrogen) atoms. The molecule has 2 rings (SSSR count). The van der Waals surface area contributed by atoms with Gasteiger partial charge >= 0.3 is 5.97 Å². The summed E-state index contributed by atoms with van der Waals surface area (Å²) in [5, 5.41) is 11.7. The molecule has 1 saturated carbocycles. The monoisotopic (exact) mass is 279 g/mol. The van der Waals surface area contributed by atoms with Gasteiger partial charge in [0.05, 0.1) is 6.42 Å². The molecule has 0 bridgehead atoms. The SMILES string of the molecule is CSc1ccc(C(=O)NC(CC(=O)O)C2CC2)cc1. The van der Waals surface area contributed by atoms with Gasteiger partial charge in [-0.15, -0.1) is 11.8 Å². The standard InChI is InChI=1S/C14H17NO3S/c1-19-11-6-4-10(5-7-11)14(18)15-12(8-13(16)17)9-2-3-9/h4-7,9,12H,2-3,8H2,1H3,(H,15,18)(H,16,17). The lowest BCUT2D eigenvalue weighted by molar-refractivity contribution is -0.137. The number of aliphatic carboxylic acids is 1. The summed E-state index contributed by atoms with van der Waals surface area (Å²) >= 11 is 1.62. The van der Waals surface area contributed by atoms with Crippen LogP contribution in [0.5, 0.6) is 0 Å². The zero-order valence-corrected chi connectivity index (χ0v) is 11.6. The first kappa shape index (κ1) is 13.9. The molecule has 0 spiro atoms. The van der Waals surface area contributed by atoms with E-state index >= 15 is 0 Å². The number of carbonyl (C=O) groups excluding carboxylic acids is 1. The summed E-state index contributed by atoms with van der Waals surface area (Å²) < 4.78 is 0. The zero-order valence-electron chi connectivity index (χ0n) is 10.8. The molecule has 0 heterocycles. The summed E-state index contributed by atoms with van der Waals surface area (Å²) in [6, 6.07) is 7.08. The van der Waals surface area contributed by atoms with Crippen molar-refractivity contribution in [3.05, 3.63) is 29.8 Å². The zero-order chi connectivity index (χ0) is 13.8. The minimum atomic E-state index is -0.866. The Bertz CT molecular complexity index is 468. The van der Waals surface area contributed by atoms with E-state index in [4.69, 9.17) is 5.11 Å². The number of nitrogens with one attached hydrogen (secondary N) is 1. The van der Waals surface area contributed by atoms with Crippen LogP contribution in [0.3, 0.4) is 0 Å². The number of rotatable bonds is 6. The highest BCUT2D eigenvalue weighted by Gasteiger charge is 2.33. The van der Waals surface area contributed by atoms with Crippen LogP contribution in [-0.4, -0.2) is 29.3 Å². The molecule has 0 saturated heterocycles. The molecule has 1 atom stereocenters. The largest absolute Gasteiger partial charge is 0.481 e. The molecule has 4 nitrogen and oxygen atoms in total. The maximum atomic E-state index is 12.1. The Morgan fingerprint density at radius 3 is 2.47 bits per heavy atom. The van der Waals surface area contributed by atoms with Crippen LogP contribution in [0.2, 0.25) is 0 Å². The lowest BCUT2D eigenvalue weighted by Gasteiger charge is -2.16. The molecule has 102 valence electrons. The summed E-state index contributed by atoms with van der Waals surface area (Å²) in [6.07, 6.45) is 3.98. The van der Waals surface area contributed by atoms with Crippen LogP contribution in [0, 0.1) is 5.92 Å². The third-order valence-electron chi connectivity index (χ3n) is 3.25. The molecule has 0 radical (unpaired) electrons. The highest BCUT2D eigenvalue weighted by Crippen LogP contribution is 2.34. The second-order valence-electron chi connectivity index (χ2n) is 4.74. The van der Waals surface area contributed by atoms with Crippen LogP contribution in [0.15, 0.2) is 29.2 Å². The van der Waals surface area contributed by atoms with E-state index in [0.717, 1.165) is 17.7 Å². The van der Waals surface area contributed by atoms with Crippen molar-refractivity contribution in [2.75, 3.05) is 6.26 Å². The molecule has 1 unspecified atom stereocenters. The normalized spacial score (nSPS) is 15.8. The molecule has 1 fully saturated rings. The number of benzene rings is 1. The fraction of sp³-hybridized carbons (Fsp3) is 0.429. The van der Waals surface area contributed by atoms with Gasteiger partial charge in [-0.05, 0) is 49.3 Å². The van der Waals surface area contributed by atoms with Gasteiger partial charge in [0.15, 0.2) is 0 Å². The molecule has 1 aromatic carbocycles. The minimum absolute atomic E-state index is 0.000692. The second kappa shape index (κ2) is 6.10. The maximum absolute atomic E-state index is 12.1. The van der Waals surface area contributed by atoms with E-state index in [1.807, 2.05) is 18.4 Å². The Morgan fingerprint density at radius 1 is 1.37 bits per heavy atom. The van der Waals surface area contributed by atoms with E-state index in [0.29, 0.717) is 11.5 Å². The molecule has 0 aliphatic heterocycles. The lowest BCUT2D eigenvalue weighted by atomic mass is 10.1. The van der Waals surface area contributed by atoms with E-state index < -0.39 is 5.97 Å². The van der Waals surface area contributed by atoms with Crippen LogP contribution in [0.4, 0.5) is 0 Å². The highest BCUT2D eigenvalue weighted by molar-refractivity contribution is 7.98. The van der Waals surface area contributed by atoms with Crippen molar-refractivity contribution in [3.8, 4) is 0 Å². The van der Waals surface area contributed by atoms with Crippen LogP contribution >= 0.6 is 11.8 Å². The summed E-state index contributed by atoms with van der Waals surface area (Å²) in [5.74, 6) is -0.730. The van der Waals surface area contributed by atoms with Gasteiger partial charge in [-0.3, -0.25) is 9.59 Å². The van der Waals surface area contributed by atoms with Crippen LogP contribution in [0.1, 0.15) is 29.6 Å². The van der Waals surface area contributed by atoms with E-state index in [9.17, 15) is 9.59 Å². The van der Waals surface area contributed by atoms with Crippen LogP contribution in [-0.2, 0) is 4.79 Å². The molecule has 1 aliphatic rings. The van der Waals surface area contributed by atoms with Gasteiger partial charge in [0.25, 0.3) is 5.91 Å². The van der Waals surface area contributed by atoms with E-state index in [2.05, 4.69) is 5.32 Å². The number of carbonyl (C=O) groups is 2. The Kier molecular flexibility index (Phi) is 4.47. The van der Waals surface area contributed by atoms with Gasteiger partial charge in [-0.25, -0.2) is 0 Å². The number of thioether (sulfide) groups is 1. The first-order valence-electron chi connectivity index (χ1n) is 6.27. The fourth-order valence-corrected chi connectivity index (χ4v) is 2.42. The number of carboxylic acid groups (broad SMARTS) is 1. The number of carboxylic acids is 1. The van der Waals surface area contributed by atoms with E-state index in [1.54, 1.807) is 23.9 Å². The highest BCUT2D eigenvalue weighted by atomic mass is 32.2. The summed E-state index contributed by atoms with van der Waals surface area (Å²) in [4.78, 5) is 23.9. The Balaban J connectivity index is 1.99. The topological polar surface area (TPSA) is 66.4 Å². The Morgan fingerprint density at radius 2 is 2.00 bits per heavy atom. The van der Waals surface area contributed by atoms with Crippen molar-refractivity contribution in [2.45, 2.75) is 30.2 Å². The average Bonchev–Trinajstić information content (AvgIpc) is 3.21. The third-order valence-corrected chi connectivity index (χ3v) is 4.00. The quantitative estimate of drug-likeness (QED) is 0.785. The van der Waals surface area contributed by atoms with Crippen molar-refractivity contribution >= 4 is 23.6 Å². The molecule has 1 aromatic rings. The van der Waals surface area contributed by atoms with Gasteiger partial charge in [0.1, 0.15) is 0 Å². The molecule has 5 heteroatoms. The van der Waals surface area contributed by atoms with Crippen molar-refractivity contribution in [1.82, 2.24) is 5.32 Å². The van der Waals surface area contributed by atoms with Crippen LogP contribution < -0.4 is 5.32 Å². The predicted molar refractivity (Wildman–Crippen MR) is 74.5 cm³/mol. The molecule has 1 aliphatic carbocycles. The van der Waals surface area contributed by atoms with Crippen molar-refractivity contribution in [1.29, 1.82) is 0 Å².